The lowest BCUT2D eigenvalue weighted by molar-refractivity contribution is -0.385. The lowest BCUT2D eigenvalue weighted by atomic mass is 10.1. The number of ether oxygens (including phenoxy) is 1. The number of furan rings is 1. The summed E-state index contributed by atoms with van der Waals surface area (Å²) in [6.07, 6.45) is 0. The maximum Gasteiger partial charge on any atom is 0.311 e. The minimum atomic E-state index is -0.704. The molecule has 28 heavy (non-hydrogen) atoms. The molecular formula is C20H13FN2O5. The number of nitrogens with zero attached hydrogens (tertiary/aromatic N) is 1. The minimum absolute atomic E-state index is 0.309. The number of rotatable bonds is 5. The van der Waals surface area contributed by atoms with Crippen LogP contribution in [-0.4, -0.2) is 17.4 Å². The lowest BCUT2D eigenvalue weighted by Crippen LogP contribution is -2.20. The van der Waals surface area contributed by atoms with Gasteiger partial charge < -0.3 is 14.5 Å². The van der Waals surface area contributed by atoms with E-state index in [2.05, 4.69) is 5.32 Å². The van der Waals surface area contributed by atoms with E-state index in [-0.39, 0.29) is 5.75 Å². The second kappa shape index (κ2) is 6.99. The molecule has 8 heteroatoms. The van der Waals surface area contributed by atoms with Crippen molar-refractivity contribution >= 4 is 39.2 Å². The summed E-state index contributed by atoms with van der Waals surface area (Å²) in [5.41, 5.74) is 1.52. The number of amides is 1. The fourth-order valence-electron chi connectivity index (χ4n) is 2.90. The number of anilines is 1. The number of halogens is 1. The third-order valence-electron chi connectivity index (χ3n) is 4.14. The predicted molar refractivity (Wildman–Crippen MR) is 101 cm³/mol. The molecule has 0 bridgehead atoms. The standard InChI is InChI=1S/C20H13FN2O5/c21-12-5-7-16(23(25)26)19(9-12)27-11-20(24)22-13-6-8-18-15(10-13)14-3-1-2-4-17(14)28-18/h1-10H,11H2,(H,22,24). The highest BCUT2D eigenvalue weighted by molar-refractivity contribution is 6.07. The molecule has 4 rings (SSSR count). The summed E-state index contributed by atoms with van der Waals surface area (Å²) in [5.74, 6) is -1.54. The first-order valence-corrected chi connectivity index (χ1v) is 8.29. The van der Waals surface area contributed by atoms with Crippen molar-refractivity contribution in [2.45, 2.75) is 0 Å². The zero-order chi connectivity index (χ0) is 19.7. The van der Waals surface area contributed by atoms with Gasteiger partial charge in [0.15, 0.2) is 6.61 Å². The zero-order valence-corrected chi connectivity index (χ0v) is 14.3. The molecule has 0 unspecified atom stereocenters. The molecule has 1 aromatic heterocycles. The van der Waals surface area contributed by atoms with Crippen LogP contribution < -0.4 is 10.1 Å². The third-order valence-corrected chi connectivity index (χ3v) is 4.14. The molecule has 0 fully saturated rings. The van der Waals surface area contributed by atoms with Gasteiger partial charge in [0.05, 0.1) is 4.92 Å². The molecule has 0 saturated heterocycles. The highest BCUT2D eigenvalue weighted by Crippen LogP contribution is 2.31. The van der Waals surface area contributed by atoms with E-state index in [0.29, 0.717) is 11.3 Å². The molecule has 1 amide bonds. The van der Waals surface area contributed by atoms with E-state index in [1.165, 1.54) is 0 Å². The van der Waals surface area contributed by atoms with E-state index in [1.807, 2.05) is 24.3 Å². The first-order chi connectivity index (χ1) is 13.5. The molecule has 1 N–H and O–H groups in total. The summed E-state index contributed by atoms with van der Waals surface area (Å²) in [7, 11) is 0. The Kier molecular flexibility index (Phi) is 4.36. The van der Waals surface area contributed by atoms with Crippen LogP contribution in [0.4, 0.5) is 15.8 Å². The summed E-state index contributed by atoms with van der Waals surface area (Å²) >= 11 is 0. The molecule has 0 aliphatic heterocycles. The van der Waals surface area contributed by atoms with Crippen molar-refractivity contribution in [2.75, 3.05) is 11.9 Å². The van der Waals surface area contributed by atoms with E-state index in [1.54, 1.807) is 18.2 Å². The largest absolute Gasteiger partial charge is 0.477 e. The molecule has 0 radical (unpaired) electrons. The Morgan fingerprint density at radius 3 is 2.68 bits per heavy atom. The van der Waals surface area contributed by atoms with Crippen LogP contribution in [0.2, 0.25) is 0 Å². The lowest BCUT2D eigenvalue weighted by Gasteiger charge is -2.08. The fraction of sp³-hybridized carbons (Fsp3) is 0.0500. The van der Waals surface area contributed by atoms with Gasteiger partial charge in [-0.25, -0.2) is 4.39 Å². The molecule has 0 aliphatic rings. The topological polar surface area (TPSA) is 94.6 Å². The molecule has 0 aliphatic carbocycles. The quantitative estimate of drug-likeness (QED) is 0.402. The number of nitro groups is 1. The number of carbonyl (C=O) groups excluding carboxylic acids is 1. The summed E-state index contributed by atoms with van der Waals surface area (Å²) in [6, 6.07) is 15.5. The van der Waals surface area contributed by atoms with Crippen molar-refractivity contribution in [3.8, 4) is 5.75 Å². The molecular weight excluding hydrogens is 367 g/mol. The van der Waals surface area contributed by atoms with Crippen LogP contribution in [-0.2, 0) is 4.79 Å². The average Bonchev–Trinajstić information content (AvgIpc) is 3.04. The molecule has 3 aromatic carbocycles. The van der Waals surface area contributed by atoms with Crippen molar-refractivity contribution in [3.05, 3.63) is 76.6 Å². The van der Waals surface area contributed by atoms with Gasteiger partial charge in [-0.15, -0.1) is 0 Å². The van der Waals surface area contributed by atoms with Gasteiger partial charge in [0.25, 0.3) is 5.91 Å². The molecule has 0 spiro atoms. The second-order valence-electron chi connectivity index (χ2n) is 6.02. The SMILES string of the molecule is O=C(COc1cc(F)ccc1[N+](=O)[O-])Nc1ccc2oc3ccccc3c2c1. The Balaban J connectivity index is 1.51. The molecule has 140 valence electrons. The number of para-hydroxylation sites is 1. The molecule has 7 nitrogen and oxygen atoms in total. The Morgan fingerprint density at radius 1 is 1.07 bits per heavy atom. The van der Waals surface area contributed by atoms with E-state index in [0.717, 1.165) is 34.6 Å². The Hall–Kier alpha value is -3.94. The highest BCUT2D eigenvalue weighted by atomic mass is 19.1. The predicted octanol–water partition coefficient (Wildman–Crippen LogP) is 4.65. The van der Waals surface area contributed by atoms with Crippen molar-refractivity contribution in [2.24, 2.45) is 0 Å². The van der Waals surface area contributed by atoms with Crippen molar-refractivity contribution in [1.82, 2.24) is 0 Å². The maximum atomic E-state index is 13.3. The average molecular weight is 380 g/mol. The Labute approximate surface area is 157 Å². The van der Waals surface area contributed by atoms with Gasteiger partial charge in [0, 0.05) is 28.6 Å². The van der Waals surface area contributed by atoms with Gasteiger partial charge in [-0.05, 0) is 30.3 Å². The summed E-state index contributed by atoms with van der Waals surface area (Å²) in [6.45, 7) is -0.505. The summed E-state index contributed by atoms with van der Waals surface area (Å²) in [5, 5.41) is 15.4. The van der Waals surface area contributed by atoms with Crippen LogP contribution in [0.3, 0.4) is 0 Å². The second-order valence-corrected chi connectivity index (χ2v) is 6.02. The third kappa shape index (κ3) is 3.35. The smallest absolute Gasteiger partial charge is 0.311 e. The van der Waals surface area contributed by atoms with E-state index in [4.69, 9.17) is 9.15 Å². The van der Waals surface area contributed by atoms with E-state index >= 15 is 0 Å². The normalized spacial score (nSPS) is 10.9. The van der Waals surface area contributed by atoms with Crippen molar-refractivity contribution in [3.63, 3.8) is 0 Å². The van der Waals surface area contributed by atoms with Crippen LogP contribution in [0.15, 0.2) is 65.1 Å². The highest BCUT2D eigenvalue weighted by Gasteiger charge is 2.17. The number of hydrogen-bond acceptors (Lipinski definition) is 5. The van der Waals surface area contributed by atoms with E-state index < -0.39 is 28.9 Å². The van der Waals surface area contributed by atoms with Gasteiger partial charge in [-0.1, -0.05) is 18.2 Å². The van der Waals surface area contributed by atoms with Crippen LogP contribution in [0.5, 0.6) is 5.75 Å². The number of nitro benzene ring substituents is 1. The van der Waals surface area contributed by atoms with Gasteiger partial charge >= 0.3 is 5.69 Å². The van der Waals surface area contributed by atoms with Gasteiger partial charge in [-0.2, -0.15) is 0 Å². The molecule has 0 atom stereocenters. The van der Waals surface area contributed by atoms with Crippen molar-refractivity contribution < 1.29 is 23.3 Å². The van der Waals surface area contributed by atoms with Crippen LogP contribution in [0.1, 0.15) is 0 Å². The monoisotopic (exact) mass is 380 g/mol. The van der Waals surface area contributed by atoms with E-state index in [9.17, 15) is 19.3 Å². The van der Waals surface area contributed by atoms with Crippen molar-refractivity contribution in [1.29, 1.82) is 0 Å². The Morgan fingerprint density at radius 2 is 1.86 bits per heavy atom. The maximum absolute atomic E-state index is 13.3. The summed E-state index contributed by atoms with van der Waals surface area (Å²) < 4.78 is 24.2. The fourth-order valence-corrected chi connectivity index (χ4v) is 2.90. The van der Waals surface area contributed by atoms with Gasteiger partial charge in [0.1, 0.15) is 17.0 Å². The van der Waals surface area contributed by atoms with Gasteiger partial charge in [0.2, 0.25) is 5.75 Å². The molecule has 4 aromatic rings. The van der Waals surface area contributed by atoms with Gasteiger partial charge in [-0.3, -0.25) is 14.9 Å². The summed E-state index contributed by atoms with van der Waals surface area (Å²) in [4.78, 5) is 22.4. The first kappa shape index (κ1) is 17.5. The number of hydrogen-bond donors (Lipinski definition) is 1. The molecule has 1 heterocycles. The zero-order valence-electron chi connectivity index (χ0n) is 14.3. The number of carbonyl (C=O) groups is 1. The van der Waals surface area contributed by atoms with Crippen LogP contribution in [0.25, 0.3) is 21.9 Å². The Bertz CT molecular complexity index is 1220. The number of fused-ring (bicyclic) bond motifs is 3. The molecule has 0 saturated carbocycles. The number of nitrogens with one attached hydrogen (secondary N) is 1. The first-order valence-electron chi connectivity index (χ1n) is 8.29. The minimum Gasteiger partial charge on any atom is -0.477 e. The van der Waals surface area contributed by atoms with Crippen LogP contribution in [0, 0.1) is 15.9 Å². The number of benzene rings is 3. The van der Waals surface area contributed by atoms with Crippen LogP contribution >= 0.6 is 0 Å².